The van der Waals surface area contributed by atoms with Gasteiger partial charge in [-0.15, -0.1) is 11.3 Å². The lowest BCUT2D eigenvalue weighted by Crippen LogP contribution is -2.55. The zero-order valence-corrected chi connectivity index (χ0v) is 13.0. The minimum Gasteiger partial charge on any atom is -0.347 e. The Morgan fingerprint density at radius 3 is 2.94 bits per heavy atom. The van der Waals surface area contributed by atoms with Crippen molar-refractivity contribution in [2.75, 3.05) is 6.54 Å². The molecule has 1 aliphatic heterocycles. The van der Waals surface area contributed by atoms with E-state index < -0.39 is 0 Å². The van der Waals surface area contributed by atoms with Crippen LogP contribution in [0.25, 0.3) is 0 Å². The number of nitrogens with one attached hydrogen (secondary N) is 2. The third-order valence-electron chi connectivity index (χ3n) is 3.35. The molecule has 1 fully saturated rings. The molecule has 2 heterocycles. The second kappa shape index (κ2) is 5.67. The lowest BCUT2D eigenvalue weighted by molar-refractivity contribution is 0.0898. The summed E-state index contributed by atoms with van der Waals surface area (Å²) in [6, 6.07) is 2.51. The van der Waals surface area contributed by atoms with Crippen molar-refractivity contribution in [2.24, 2.45) is 5.92 Å². The number of carbonyl (C=O) groups excluding carboxylic acids is 1. The van der Waals surface area contributed by atoms with Crippen molar-refractivity contribution in [3.05, 3.63) is 19.9 Å². The molecule has 1 saturated heterocycles. The molecule has 1 aliphatic rings. The number of rotatable bonds is 2. The summed E-state index contributed by atoms with van der Waals surface area (Å²) < 4.78 is 1.15. The molecule has 0 aromatic carbocycles. The van der Waals surface area contributed by atoms with Gasteiger partial charge in [-0.05, 0) is 54.5 Å². The zero-order chi connectivity index (χ0) is 12.4. The van der Waals surface area contributed by atoms with E-state index in [4.69, 9.17) is 0 Å². The van der Waals surface area contributed by atoms with Gasteiger partial charge in [-0.1, -0.05) is 6.92 Å². The van der Waals surface area contributed by atoms with Crippen molar-refractivity contribution in [1.82, 2.24) is 10.6 Å². The van der Waals surface area contributed by atoms with Crippen LogP contribution in [0, 0.1) is 8.80 Å². The van der Waals surface area contributed by atoms with Crippen LogP contribution in [0.4, 0.5) is 0 Å². The van der Waals surface area contributed by atoms with Gasteiger partial charge < -0.3 is 10.6 Å². The maximum absolute atomic E-state index is 12.1. The smallest absolute Gasteiger partial charge is 0.252 e. The van der Waals surface area contributed by atoms with E-state index in [-0.39, 0.29) is 11.9 Å². The second-order valence-corrected chi connectivity index (χ2v) is 7.45. The van der Waals surface area contributed by atoms with E-state index in [1.807, 2.05) is 11.4 Å². The van der Waals surface area contributed by atoms with Crippen LogP contribution in [0.3, 0.4) is 0 Å². The SMILES string of the molecule is CC1CCNC(C)C1NC(=O)c1csc(I)c1. The molecule has 3 nitrogen and oxygen atoms in total. The maximum atomic E-state index is 12.1. The number of thiophene rings is 1. The molecule has 1 amide bonds. The minimum absolute atomic E-state index is 0.0524. The summed E-state index contributed by atoms with van der Waals surface area (Å²) in [7, 11) is 0. The average Bonchev–Trinajstić information content (AvgIpc) is 2.70. The lowest BCUT2D eigenvalue weighted by Gasteiger charge is -2.35. The molecule has 5 heteroatoms. The Morgan fingerprint density at radius 2 is 2.35 bits per heavy atom. The highest BCUT2D eigenvalue weighted by atomic mass is 127. The van der Waals surface area contributed by atoms with Crippen LogP contribution in [0.1, 0.15) is 30.6 Å². The highest BCUT2D eigenvalue weighted by Crippen LogP contribution is 2.19. The van der Waals surface area contributed by atoms with Gasteiger partial charge in [-0.2, -0.15) is 0 Å². The van der Waals surface area contributed by atoms with Gasteiger partial charge in [0.25, 0.3) is 5.91 Å². The van der Waals surface area contributed by atoms with Crippen molar-refractivity contribution < 1.29 is 4.79 Å². The molecule has 2 N–H and O–H groups in total. The first-order valence-electron chi connectivity index (χ1n) is 5.86. The predicted molar refractivity (Wildman–Crippen MR) is 79.5 cm³/mol. The third kappa shape index (κ3) is 3.20. The average molecular weight is 364 g/mol. The van der Waals surface area contributed by atoms with Gasteiger partial charge in [-0.3, -0.25) is 4.79 Å². The van der Waals surface area contributed by atoms with Crippen molar-refractivity contribution in [1.29, 1.82) is 0 Å². The number of amides is 1. The van der Waals surface area contributed by atoms with E-state index in [0.717, 1.165) is 21.4 Å². The van der Waals surface area contributed by atoms with Crippen molar-refractivity contribution >= 4 is 39.8 Å². The minimum atomic E-state index is 0.0524. The summed E-state index contributed by atoms with van der Waals surface area (Å²) in [5, 5.41) is 8.48. The van der Waals surface area contributed by atoms with E-state index >= 15 is 0 Å². The molecule has 0 spiro atoms. The lowest BCUT2D eigenvalue weighted by atomic mass is 9.89. The van der Waals surface area contributed by atoms with Crippen LogP contribution in [0.2, 0.25) is 0 Å². The Labute approximate surface area is 120 Å². The van der Waals surface area contributed by atoms with Gasteiger partial charge in [-0.25, -0.2) is 0 Å². The Bertz CT molecular complexity index is 397. The third-order valence-corrected chi connectivity index (χ3v) is 5.13. The fourth-order valence-corrected chi connectivity index (χ4v) is 3.60. The van der Waals surface area contributed by atoms with Crippen LogP contribution < -0.4 is 10.6 Å². The van der Waals surface area contributed by atoms with Crippen LogP contribution in [-0.2, 0) is 0 Å². The van der Waals surface area contributed by atoms with Gasteiger partial charge in [0.05, 0.1) is 8.45 Å². The number of hydrogen-bond acceptors (Lipinski definition) is 3. The number of piperidine rings is 1. The summed E-state index contributed by atoms with van der Waals surface area (Å²) >= 11 is 3.85. The molecular formula is C12H17IN2OS. The molecule has 17 heavy (non-hydrogen) atoms. The summed E-state index contributed by atoms with van der Waals surface area (Å²) in [4.78, 5) is 12.1. The standard InChI is InChI=1S/C12H17IN2OS/c1-7-3-4-14-8(2)11(7)15-12(16)9-5-10(13)17-6-9/h5-8,11,14H,3-4H2,1-2H3,(H,15,16). The molecule has 3 atom stereocenters. The summed E-state index contributed by atoms with van der Waals surface area (Å²) in [5.74, 6) is 0.587. The van der Waals surface area contributed by atoms with Crippen molar-refractivity contribution in [3.63, 3.8) is 0 Å². The fraction of sp³-hybridized carbons (Fsp3) is 0.583. The first-order chi connectivity index (χ1) is 8.08. The van der Waals surface area contributed by atoms with Crippen molar-refractivity contribution in [2.45, 2.75) is 32.4 Å². The molecule has 1 aromatic heterocycles. The first-order valence-corrected chi connectivity index (χ1v) is 7.82. The molecule has 0 bridgehead atoms. The highest BCUT2D eigenvalue weighted by Gasteiger charge is 2.28. The molecule has 2 rings (SSSR count). The molecule has 0 aliphatic carbocycles. The van der Waals surface area contributed by atoms with Gasteiger partial charge in [0.15, 0.2) is 0 Å². The van der Waals surface area contributed by atoms with Crippen molar-refractivity contribution in [3.8, 4) is 0 Å². The Morgan fingerprint density at radius 1 is 1.59 bits per heavy atom. The Balaban J connectivity index is 2.02. The monoisotopic (exact) mass is 364 g/mol. The summed E-state index contributed by atoms with van der Waals surface area (Å²) in [6.07, 6.45) is 1.12. The quantitative estimate of drug-likeness (QED) is 0.792. The summed E-state index contributed by atoms with van der Waals surface area (Å²) in [6.45, 7) is 5.39. The fourth-order valence-electron chi connectivity index (χ4n) is 2.27. The van der Waals surface area contributed by atoms with Crippen LogP contribution >= 0.6 is 33.9 Å². The van der Waals surface area contributed by atoms with Gasteiger partial charge >= 0.3 is 0 Å². The zero-order valence-electron chi connectivity index (χ0n) is 10.00. The summed E-state index contributed by atoms with van der Waals surface area (Å²) in [5.41, 5.74) is 0.782. The molecular weight excluding hydrogens is 347 g/mol. The molecule has 0 radical (unpaired) electrons. The predicted octanol–water partition coefficient (Wildman–Crippen LogP) is 2.47. The topological polar surface area (TPSA) is 41.1 Å². The van der Waals surface area contributed by atoms with Gasteiger partial charge in [0.2, 0.25) is 0 Å². The molecule has 0 saturated carbocycles. The highest BCUT2D eigenvalue weighted by molar-refractivity contribution is 14.1. The molecule has 1 aromatic rings. The van der Waals surface area contributed by atoms with E-state index in [9.17, 15) is 4.79 Å². The first kappa shape index (κ1) is 13.3. The molecule has 94 valence electrons. The van der Waals surface area contributed by atoms with E-state index in [0.29, 0.717) is 12.0 Å². The largest absolute Gasteiger partial charge is 0.347 e. The molecule has 3 unspecified atom stereocenters. The second-order valence-electron chi connectivity index (χ2n) is 4.65. The van der Waals surface area contributed by atoms with E-state index in [1.54, 1.807) is 11.3 Å². The van der Waals surface area contributed by atoms with Crippen LogP contribution in [0.5, 0.6) is 0 Å². The van der Waals surface area contributed by atoms with Gasteiger partial charge in [0, 0.05) is 17.5 Å². The Kier molecular flexibility index (Phi) is 4.43. The number of halogens is 1. The van der Waals surface area contributed by atoms with Gasteiger partial charge in [0.1, 0.15) is 0 Å². The van der Waals surface area contributed by atoms with Crippen LogP contribution in [-0.4, -0.2) is 24.5 Å². The van der Waals surface area contributed by atoms with E-state index in [2.05, 4.69) is 47.1 Å². The Hall–Kier alpha value is -0.140. The van der Waals surface area contributed by atoms with E-state index in [1.165, 1.54) is 0 Å². The maximum Gasteiger partial charge on any atom is 0.252 e. The normalized spacial score (nSPS) is 29.0. The number of hydrogen-bond donors (Lipinski definition) is 2. The van der Waals surface area contributed by atoms with Crippen LogP contribution in [0.15, 0.2) is 11.4 Å². The number of carbonyl (C=O) groups is 1.